The average Bonchev–Trinajstić information content (AvgIpc) is 2.32. The average molecular weight is 247 g/mol. The van der Waals surface area contributed by atoms with Crippen molar-refractivity contribution in [1.82, 2.24) is 5.32 Å². The minimum absolute atomic E-state index is 0.0108. The van der Waals surface area contributed by atoms with Gasteiger partial charge >= 0.3 is 0 Å². The summed E-state index contributed by atoms with van der Waals surface area (Å²) in [4.78, 5) is 11.5. The Labute approximate surface area is 109 Å². The zero-order valence-corrected chi connectivity index (χ0v) is 11.4. The molecule has 0 aliphatic heterocycles. The molecule has 0 aliphatic carbocycles. The first kappa shape index (κ1) is 14.3. The third kappa shape index (κ3) is 4.62. The van der Waals surface area contributed by atoms with Crippen molar-refractivity contribution in [3.63, 3.8) is 0 Å². The summed E-state index contributed by atoms with van der Waals surface area (Å²) in [6, 6.07) is 5.93. The fraction of sp³-hybridized carbons (Fsp3) is 0.400. The maximum Gasteiger partial charge on any atom is 0.223 e. The van der Waals surface area contributed by atoms with Gasteiger partial charge < -0.3 is 10.1 Å². The van der Waals surface area contributed by atoms with Crippen molar-refractivity contribution in [2.45, 2.75) is 27.2 Å². The van der Waals surface area contributed by atoms with Crippen LogP contribution in [0.1, 0.15) is 24.5 Å². The number of amides is 1. The van der Waals surface area contributed by atoms with Gasteiger partial charge in [0.05, 0.1) is 13.0 Å². The van der Waals surface area contributed by atoms with Crippen LogP contribution in [0.4, 0.5) is 0 Å². The number of carbonyl (C=O) groups excluding carboxylic acids is 1. The van der Waals surface area contributed by atoms with E-state index in [9.17, 15) is 4.79 Å². The lowest BCUT2D eigenvalue weighted by Gasteiger charge is -2.10. The predicted octanol–water partition coefficient (Wildman–Crippen LogP) is 2.76. The lowest BCUT2D eigenvalue weighted by molar-refractivity contribution is -0.121. The molecule has 1 amide bonds. The smallest absolute Gasteiger partial charge is 0.223 e. The molecule has 0 fully saturated rings. The molecular weight excluding hydrogens is 226 g/mol. The highest BCUT2D eigenvalue weighted by molar-refractivity contribution is 5.76. The highest BCUT2D eigenvalue weighted by Gasteiger charge is 2.04. The van der Waals surface area contributed by atoms with Gasteiger partial charge in [-0.25, -0.2) is 0 Å². The molecule has 0 saturated heterocycles. The summed E-state index contributed by atoms with van der Waals surface area (Å²) in [5.41, 5.74) is 3.26. The van der Waals surface area contributed by atoms with Crippen LogP contribution in [-0.4, -0.2) is 19.1 Å². The number of rotatable bonds is 6. The molecule has 0 atom stereocenters. The first-order valence-electron chi connectivity index (χ1n) is 6.11. The van der Waals surface area contributed by atoms with Gasteiger partial charge in [-0.1, -0.05) is 24.3 Å². The topological polar surface area (TPSA) is 38.3 Å². The van der Waals surface area contributed by atoms with Gasteiger partial charge in [0.25, 0.3) is 0 Å². The van der Waals surface area contributed by atoms with Crippen LogP contribution in [0.5, 0.6) is 5.75 Å². The highest BCUT2D eigenvalue weighted by atomic mass is 16.5. The Bertz CT molecular complexity index is 438. The van der Waals surface area contributed by atoms with E-state index in [1.165, 1.54) is 5.56 Å². The molecule has 98 valence electrons. The van der Waals surface area contributed by atoms with Crippen LogP contribution in [-0.2, 0) is 4.79 Å². The summed E-state index contributed by atoms with van der Waals surface area (Å²) in [6.45, 7) is 10.6. The fourth-order valence-corrected chi connectivity index (χ4v) is 1.47. The molecule has 0 aliphatic rings. The van der Waals surface area contributed by atoms with Crippen LogP contribution < -0.4 is 10.1 Å². The van der Waals surface area contributed by atoms with Crippen molar-refractivity contribution in [3.8, 4) is 5.75 Å². The first-order chi connectivity index (χ1) is 8.50. The summed E-state index contributed by atoms with van der Waals surface area (Å²) in [5, 5.41) is 2.78. The molecule has 0 aromatic heterocycles. The molecule has 0 radical (unpaired) electrons. The minimum atomic E-state index is -0.0108. The third-order valence-corrected chi connectivity index (χ3v) is 2.73. The predicted molar refractivity (Wildman–Crippen MR) is 73.9 cm³/mol. The largest absolute Gasteiger partial charge is 0.493 e. The molecule has 3 heteroatoms. The summed E-state index contributed by atoms with van der Waals surface area (Å²) in [5.74, 6) is 0.839. The van der Waals surface area contributed by atoms with E-state index in [2.05, 4.69) is 11.9 Å². The number of nitrogens with one attached hydrogen (secondary N) is 1. The molecule has 0 heterocycles. The van der Waals surface area contributed by atoms with Gasteiger partial charge in [-0.3, -0.25) is 4.79 Å². The highest BCUT2D eigenvalue weighted by Crippen LogP contribution is 2.20. The molecule has 1 aromatic rings. The SMILES string of the molecule is C=C(C)CNC(=O)CCOc1cccc(C)c1C. The number of benzene rings is 1. The minimum Gasteiger partial charge on any atom is -0.493 e. The lowest BCUT2D eigenvalue weighted by atomic mass is 10.1. The third-order valence-electron chi connectivity index (χ3n) is 2.73. The molecule has 0 bridgehead atoms. The Kier molecular flexibility index (Phi) is 5.43. The van der Waals surface area contributed by atoms with Crippen molar-refractivity contribution in [3.05, 3.63) is 41.5 Å². The van der Waals surface area contributed by atoms with Crippen molar-refractivity contribution < 1.29 is 9.53 Å². The van der Waals surface area contributed by atoms with Gasteiger partial charge in [-0.15, -0.1) is 0 Å². The number of hydrogen-bond donors (Lipinski definition) is 1. The standard InChI is InChI=1S/C15H21NO2/c1-11(2)10-16-15(17)8-9-18-14-7-5-6-12(3)13(14)4/h5-7H,1,8-10H2,2-4H3,(H,16,17). The number of carbonyl (C=O) groups is 1. The Hall–Kier alpha value is -1.77. The molecule has 1 rings (SSSR count). The number of aryl methyl sites for hydroxylation is 1. The van der Waals surface area contributed by atoms with E-state index in [4.69, 9.17) is 4.74 Å². The van der Waals surface area contributed by atoms with E-state index in [1.54, 1.807) is 0 Å². The van der Waals surface area contributed by atoms with Gasteiger partial charge in [0, 0.05) is 6.54 Å². The Morgan fingerprint density at radius 3 is 2.78 bits per heavy atom. The first-order valence-corrected chi connectivity index (χ1v) is 6.11. The molecule has 0 saturated carbocycles. The van der Waals surface area contributed by atoms with Gasteiger partial charge in [0.1, 0.15) is 5.75 Å². The van der Waals surface area contributed by atoms with Crippen molar-refractivity contribution in [2.24, 2.45) is 0 Å². The molecule has 3 nitrogen and oxygen atoms in total. The van der Waals surface area contributed by atoms with Crippen molar-refractivity contribution in [1.29, 1.82) is 0 Å². The Balaban J connectivity index is 2.35. The van der Waals surface area contributed by atoms with E-state index < -0.39 is 0 Å². The van der Waals surface area contributed by atoms with E-state index in [-0.39, 0.29) is 5.91 Å². The fourth-order valence-electron chi connectivity index (χ4n) is 1.47. The normalized spacial score (nSPS) is 9.94. The monoisotopic (exact) mass is 247 g/mol. The van der Waals surface area contributed by atoms with Crippen LogP contribution >= 0.6 is 0 Å². The van der Waals surface area contributed by atoms with Crippen LogP contribution in [0.3, 0.4) is 0 Å². The zero-order valence-electron chi connectivity index (χ0n) is 11.4. The number of ether oxygens (including phenoxy) is 1. The maximum absolute atomic E-state index is 11.5. The van der Waals surface area contributed by atoms with Crippen LogP contribution in [0.15, 0.2) is 30.4 Å². The molecular formula is C15H21NO2. The molecule has 18 heavy (non-hydrogen) atoms. The van der Waals surface area contributed by atoms with Crippen LogP contribution in [0.2, 0.25) is 0 Å². The van der Waals surface area contributed by atoms with Gasteiger partial charge in [-0.2, -0.15) is 0 Å². The van der Waals surface area contributed by atoms with E-state index in [1.807, 2.05) is 39.0 Å². The summed E-state index contributed by atoms with van der Waals surface area (Å²) in [7, 11) is 0. The Morgan fingerprint density at radius 2 is 2.11 bits per heavy atom. The lowest BCUT2D eigenvalue weighted by Crippen LogP contribution is -2.26. The van der Waals surface area contributed by atoms with Gasteiger partial charge in [0.2, 0.25) is 5.91 Å². The molecule has 0 unspecified atom stereocenters. The Morgan fingerprint density at radius 1 is 1.39 bits per heavy atom. The van der Waals surface area contributed by atoms with Crippen molar-refractivity contribution in [2.75, 3.05) is 13.2 Å². The van der Waals surface area contributed by atoms with E-state index >= 15 is 0 Å². The summed E-state index contributed by atoms with van der Waals surface area (Å²) >= 11 is 0. The van der Waals surface area contributed by atoms with Gasteiger partial charge in [-0.05, 0) is 38.0 Å². The maximum atomic E-state index is 11.5. The quantitative estimate of drug-likeness (QED) is 0.785. The van der Waals surface area contributed by atoms with E-state index in [0.29, 0.717) is 19.6 Å². The summed E-state index contributed by atoms with van der Waals surface area (Å²) < 4.78 is 5.61. The summed E-state index contributed by atoms with van der Waals surface area (Å²) in [6.07, 6.45) is 0.362. The zero-order chi connectivity index (χ0) is 13.5. The molecule has 0 spiro atoms. The van der Waals surface area contributed by atoms with Crippen LogP contribution in [0, 0.1) is 13.8 Å². The molecule has 1 N–H and O–H groups in total. The van der Waals surface area contributed by atoms with Crippen molar-refractivity contribution >= 4 is 5.91 Å². The van der Waals surface area contributed by atoms with Gasteiger partial charge in [0.15, 0.2) is 0 Å². The second-order valence-electron chi connectivity index (χ2n) is 4.53. The molecule has 1 aromatic carbocycles. The number of hydrogen-bond acceptors (Lipinski definition) is 2. The second kappa shape index (κ2) is 6.84. The van der Waals surface area contributed by atoms with Crippen LogP contribution in [0.25, 0.3) is 0 Å². The second-order valence-corrected chi connectivity index (χ2v) is 4.53. The van der Waals surface area contributed by atoms with E-state index in [0.717, 1.165) is 16.9 Å².